The third-order valence-electron chi connectivity index (χ3n) is 3.82. The molecule has 20 heavy (non-hydrogen) atoms. The molecule has 0 spiro atoms. The summed E-state index contributed by atoms with van der Waals surface area (Å²) < 4.78 is 5.12. The molecule has 1 fully saturated rings. The molecule has 1 aliphatic heterocycles. The molecule has 110 valence electrons. The molecular weight excluding hydrogens is 260 g/mol. The summed E-state index contributed by atoms with van der Waals surface area (Å²) in [5.41, 5.74) is 5.18. The number of carbonyl (C=O) groups excluding carboxylic acids is 1. The number of rotatable bonds is 3. The maximum absolute atomic E-state index is 12.1. The second-order valence-corrected chi connectivity index (χ2v) is 5.30. The monoisotopic (exact) mass is 280 g/mol. The molecule has 0 radical (unpaired) electrons. The molecule has 0 saturated carbocycles. The van der Waals surface area contributed by atoms with Gasteiger partial charge in [-0.3, -0.25) is 9.69 Å². The lowest BCUT2D eigenvalue weighted by molar-refractivity contribution is 0.0505. The van der Waals surface area contributed by atoms with Gasteiger partial charge in [-0.15, -0.1) is 0 Å². The van der Waals surface area contributed by atoms with E-state index in [1.165, 1.54) is 6.26 Å². The summed E-state index contributed by atoms with van der Waals surface area (Å²) in [6, 6.07) is 3.36. The van der Waals surface area contributed by atoms with Crippen LogP contribution >= 0.6 is 0 Å². The number of furan rings is 1. The van der Waals surface area contributed by atoms with Gasteiger partial charge in [0, 0.05) is 26.2 Å². The molecule has 1 amide bonds. The van der Waals surface area contributed by atoms with Gasteiger partial charge >= 0.3 is 0 Å². The first-order valence-corrected chi connectivity index (χ1v) is 6.52. The second kappa shape index (κ2) is 5.54. The fourth-order valence-corrected chi connectivity index (χ4v) is 2.31. The highest BCUT2D eigenvalue weighted by Crippen LogP contribution is 2.18. The molecule has 0 aromatic carbocycles. The fraction of sp³-hybridized carbons (Fsp3) is 0.538. The smallest absolute Gasteiger partial charge is 0.289 e. The molecule has 2 rings (SSSR count). The van der Waals surface area contributed by atoms with E-state index >= 15 is 0 Å². The average Bonchev–Trinajstić information content (AvgIpc) is 2.99. The number of hydrogen-bond acceptors (Lipinski definition) is 5. The summed E-state index contributed by atoms with van der Waals surface area (Å²) in [6.45, 7) is 6.28. The van der Waals surface area contributed by atoms with Crippen LogP contribution in [0.25, 0.3) is 0 Å². The number of carbonyl (C=O) groups is 1. The van der Waals surface area contributed by atoms with Gasteiger partial charge in [0.05, 0.1) is 11.8 Å². The molecule has 1 aromatic heterocycles. The normalized spacial score (nSPS) is 18.3. The van der Waals surface area contributed by atoms with Gasteiger partial charge in [-0.1, -0.05) is 5.16 Å². The quantitative estimate of drug-likeness (QED) is 0.365. The van der Waals surface area contributed by atoms with Gasteiger partial charge < -0.3 is 20.3 Å². The minimum Gasteiger partial charge on any atom is -0.459 e. The molecule has 2 heterocycles. The van der Waals surface area contributed by atoms with E-state index in [1.807, 2.05) is 13.8 Å². The van der Waals surface area contributed by atoms with Crippen molar-refractivity contribution in [3.8, 4) is 0 Å². The van der Waals surface area contributed by atoms with E-state index in [0.717, 1.165) is 0 Å². The van der Waals surface area contributed by atoms with Crippen LogP contribution in [0, 0.1) is 0 Å². The molecule has 1 aliphatic rings. The Morgan fingerprint density at radius 1 is 1.40 bits per heavy atom. The number of amidine groups is 1. The zero-order valence-electron chi connectivity index (χ0n) is 11.7. The summed E-state index contributed by atoms with van der Waals surface area (Å²) in [7, 11) is 0. The standard InChI is InChI=1S/C13H20N4O3/c1-13(2,12(14)15-19)17-7-5-16(6-8-17)11(18)10-4-3-9-20-10/h3-4,9,19H,5-8H2,1-2H3,(H2,14,15). The Labute approximate surface area is 117 Å². The molecule has 3 N–H and O–H groups in total. The van der Waals surface area contributed by atoms with Gasteiger partial charge in [0.2, 0.25) is 0 Å². The number of amides is 1. The second-order valence-electron chi connectivity index (χ2n) is 5.30. The minimum atomic E-state index is -0.533. The van der Waals surface area contributed by atoms with Crippen molar-refractivity contribution < 1.29 is 14.4 Å². The van der Waals surface area contributed by atoms with Gasteiger partial charge in [-0.25, -0.2) is 0 Å². The lowest BCUT2D eigenvalue weighted by Crippen LogP contribution is -2.60. The first kappa shape index (κ1) is 14.4. The maximum atomic E-state index is 12.1. The highest BCUT2D eigenvalue weighted by molar-refractivity contribution is 5.91. The Hall–Kier alpha value is -2.02. The zero-order chi connectivity index (χ0) is 14.8. The number of piperazine rings is 1. The first-order chi connectivity index (χ1) is 9.46. The summed E-state index contributed by atoms with van der Waals surface area (Å²) in [6.07, 6.45) is 1.49. The van der Waals surface area contributed by atoms with Crippen molar-refractivity contribution in [3.05, 3.63) is 24.2 Å². The number of nitrogens with two attached hydrogens (primary N) is 1. The van der Waals surface area contributed by atoms with Crippen LogP contribution in [0.2, 0.25) is 0 Å². The number of oxime groups is 1. The van der Waals surface area contributed by atoms with E-state index in [1.54, 1.807) is 17.0 Å². The van der Waals surface area contributed by atoms with Crippen LogP contribution in [0.1, 0.15) is 24.4 Å². The Morgan fingerprint density at radius 3 is 2.55 bits per heavy atom. The summed E-state index contributed by atoms with van der Waals surface area (Å²) in [5, 5.41) is 11.9. The summed E-state index contributed by atoms with van der Waals surface area (Å²) in [5.74, 6) is 0.425. The Morgan fingerprint density at radius 2 is 2.05 bits per heavy atom. The molecule has 1 saturated heterocycles. The fourth-order valence-electron chi connectivity index (χ4n) is 2.31. The molecule has 7 heteroatoms. The lowest BCUT2D eigenvalue weighted by Gasteiger charge is -2.42. The average molecular weight is 280 g/mol. The van der Waals surface area contributed by atoms with Crippen molar-refractivity contribution in [2.45, 2.75) is 19.4 Å². The molecule has 0 unspecified atom stereocenters. The predicted molar refractivity (Wildman–Crippen MR) is 73.7 cm³/mol. The number of hydrogen-bond donors (Lipinski definition) is 2. The molecule has 1 aromatic rings. The Bertz CT molecular complexity index is 488. The molecule has 7 nitrogen and oxygen atoms in total. The van der Waals surface area contributed by atoms with Crippen LogP contribution in [0.4, 0.5) is 0 Å². The van der Waals surface area contributed by atoms with Gasteiger partial charge in [-0.2, -0.15) is 0 Å². The van der Waals surface area contributed by atoms with Gasteiger partial charge in [0.1, 0.15) is 0 Å². The van der Waals surface area contributed by atoms with Crippen molar-refractivity contribution in [1.29, 1.82) is 0 Å². The van der Waals surface area contributed by atoms with E-state index in [2.05, 4.69) is 10.1 Å². The van der Waals surface area contributed by atoms with Crippen molar-refractivity contribution in [3.63, 3.8) is 0 Å². The highest BCUT2D eigenvalue weighted by Gasteiger charge is 2.35. The van der Waals surface area contributed by atoms with Crippen molar-refractivity contribution in [2.75, 3.05) is 26.2 Å². The van der Waals surface area contributed by atoms with E-state index in [0.29, 0.717) is 31.9 Å². The summed E-state index contributed by atoms with van der Waals surface area (Å²) in [4.78, 5) is 16.0. The van der Waals surface area contributed by atoms with E-state index in [-0.39, 0.29) is 11.7 Å². The zero-order valence-corrected chi connectivity index (χ0v) is 11.7. The van der Waals surface area contributed by atoms with Gasteiger partial charge in [0.15, 0.2) is 11.6 Å². The predicted octanol–water partition coefficient (Wildman–Crippen LogP) is 0.562. The van der Waals surface area contributed by atoms with E-state index in [4.69, 9.17) is 15.4 Å². The molecular formula is C13H20N4O3. The van der Waals surface area contributed by atoms with Crippen LogP contribution in [-0.4, -0.2) is 58.5 Å². The van der Waals surface area contributed by atoms with Crippen molar-refractivity contribution in [1.82, 2.24) is 9.80 Å². The number of nitrogens with zero attached hydrogens (tertiary/aromatic N) is 3. The van der Waals surface area contributed by atoms with E-state index < -0.39 is 5.54 Å². The first-order valence-electron chi connectivity index (χ1n) is 6.52. The summed E-state index contributed by atoms with van der Waals surface area (Å²) >= 11 is 0. The third-order valence-corrected chi connectivity index (χ3v) is 3.82. The van der Waals surface area contributed by atoms with Gasteiger partial charge in [-0.05, 0) is 26.0 Å². The minimum absolute atomic E-state index is 0.101. The highest BCUT2D eigenvalue weighted by atomic mass is 16.4. The van der Waals surface area contributed by atoms with E-state index in [9.17, 15) is 4.79 Å². The maximum Gasteiger partial charge on any atom is 0.289 e. The third kappa shape index (κ3) is 2.62. The molecule has 0 aliphatic carbocycles. The van der Waals surface area contributed by atoms with Crippen LogP contribution in [-0.2, 0) is 0 Å². The topological polar surface area (TPSA) is 95.3 Å². The lowest BCUT2D eigenvalue weighted by atomic mass is 10.00. The largest absolute Gasteiger partial charge is 0.459 e. The molecule has 0 bridgehead atoms. The van der Waals surface area contributed by atoms with Crippen LogP contribution < -0.4 is 5.73 Å². The van der Waals surface area contributed by atoms with Gasteiger partial charge in [0.25, 0.3) is 5.91 Å². The van der Waals surface area contributed by atoms with Crippen LogP contribution in [0.15, 0.2) is 28.0 Å². The Balaban J connectivity index is 1.98. The van der Waals surface area contributed by atoms with Crippen molar-refractivity contribution >= 4 is 11.7 Å². The van der Waals surface area contributed by atoms with Crippen LogP contribution in [0.5, 0.6) is 0 Å². The molecule has 0 atom stereocenters. The van der Waals surface area contributed by atoms with Crippen molar-refractivity contribution in [2.24, 2.45) is 10.9 Å². The Kier molecular flexibility index (Phi) is 3.99. The SMILES string of the molecule is CC(C)(C(N)=NO)N1CCN(C(=O)c2ccco2)CC1. The van der Waals surface area contributed by atoms with Crippen LogP contribution in [0.3, 0.4) is 0 Å².